The largest absolute Gasteiger partial charge is 0.493 e. The first kappa shape index (κ1) is 25.0. The number of nitrogens with one attached hydrogen (secondary N) is 2. The van der Waals surface area contributed by atoms with Crippen LogP contribution in [-0.2, 0) is 16.0 Å². The molecule has 30 heavy (non-hydrogen) atoms. The van der Waals surface area contributed by atoms with Gasteiger partial charge in [0.05, 0.1) is 25.9 Å². The minimum atomic E-state index is 0. The van der Waals surface area contributed by atoms with Crippen LogP contribution in [0.4, 0.5) is 0 Å². The molecule has 0 amide bonds. The molecule has 1 saturated carbocycles. The average Bonchev–Trinajstić information content (AvgIpc) is 3.44. The molecule has 1 unspecified atom stereocenters. The normalized spacial score (nSPS) is 19.4. The van der Waals surface area contributed by atoms with Gasteiger partial charge in [-0.25, -0.2) is 0 Å². The third-order valence-corrected chi connectivity index (χ3v) is 5.36. The third kappa shape index (κ3) is 8.11. The molecule has 0 radical (unpaired) electrons. The maximum atomic E-state index is 6.18. The number of hydrogen-bond donors (Lipinski definition) is 2. The van der Waals surface area contributed by atoms with E-state index >= 15 is 0 Å². The number of nitrogens with zero attached hydrogens (tertiary/aromatic N) is 1. The molecule has 2 N–H and O–H groups in total. The molecule has 7 nitrogen and oxygen atoms in total. The van der Waals surface area contributed by atoms with Crippen molar-refractivity contribution < 1.29 is 18.9 Å². The predicted molar refractivity (Wildman–Crippen MR) is 129 cm³/mol. The quantitative estimate of drug-likeness (QED) is 0.208. The highest BCUT2D eigenvalue weighted by Crippen LogP contribution is 2.32. The van der Waals surface area contributed by atoms with E-state index in [4.69, 9.17) is 18.9 Å². The number of methoxy groups -OCH3 is 1. The molecule has 1 aromatic rings. The summed E-state index contributed by atoms with van der Waals surface area (Å²) in [4.78, 5) is 4.30. The summed E-state index contributed by atoms with van der Waals surface area (Å²) in [6.07, 6.45) is 7.25. The Labute approximate surface area is 197 Å². The zero-order chi connectivity index (χ0) is 20.3. The number of ether oxygens (including phenoxy) is 4. The van der Waals surface area contributed by atoms with E-state index in [-0.39, 0.29) is 30.1 Å². The molecule has 0 bridgehead atoms. The van der Waals surface area contributed by atoms with E-state index in [0.29, 0.717) is 12.6 Å². The van der Waals surface area contributed by atoms with E-state index in [2.05, 4.69) is 27.8 Å². The molecular weight excluding hydrogens is 497 g/mol. The summed E-state index contributed by atoms with van der Waals surface area (Å²) in [7, 11) is 3.47. The van der Waals surface area contributed by atoms with Crippen LogP contribution in [0.15, 0.2) is 23.2 Å². The van der Waals surface area contributed by atoms with Crippen molar-refractivity contribution in [3.8, 4) is 11.5 Å². The molecule has 0 spiro atoms. The fourth-order valence-electron chi connectivity index (χ4n) is 3.69. The van der Waals surface area contributed by atoms with Crippen molar-refractivity contribution >= 4 is 29.9 Å². The molecule has 1 aliphatic carbocycles. The summed E-state index contributed by atoms with van der Waals surface area (Å²) >= 11 is 0. The van der Waals surface area contributed by atoms with Crippen LogP contribution in [0.3, 0.4) is 0 Å². The highest BCUT2D eigenvalue weighted by Gasteiger charge is 2.19. The standard InChI is InChI=1S/C22H35N3O4.HI/c1-23-22(24-11-5-12-28-19-10-13-27-16-19)25-15-17-8-9-20(26-2)21(14-17)29-18-6-3-4-7-18;/h8-9,14,18-19H,3-7,10-13,15-16H2,1-2H3,(H2,23,24,25);1H. The van der Waals surface area contributed by atoms with Gasteiger partial charge in [0.25, 0.3) is 0 Å². The maximum absolute atomic E-state index is 6.18. The molecule has 1 heterocycles. The zero-order valence-corrected chi connectivity index (χ0v) is 20.5. The topological polar surface area (TPSA) is 73.3 Å². The highest BCUT2D eigenvalue weighted by atomic mass is 127. The molecule has 1 saturated heterocycles. The lowest BCUT2D eigenvalue weighted by Crippen LogP contribution is -2.37. The van der Waals surface area contributed by atoms with Crippen LogP contribution in [0.2, 0.25) is 0 Å². The van der Waals surface area contributed by atoms with Gasteiger partial charge in [-0.1, -0.05) is 6.07 Å². The van der Waals surface area contributed by atoms with Gasteiger partial charge in [-0.05, 0) is 56.2 Å². The fourth-order valence-corrected chi connectivity index (χ4v) is 3.69. The summed E-state index contributed by atoms with van der Waals surface area (Å²) < 4.78 is 22.8. The second-order valence-electron chi connectivity index (χ2n) is 7.57. The van der Waals surface area contributed by atoms with Crippen molar-refractivity contribution in [1.82, 2.24) is 10.6 Å². The number of aliphatic imine (C=N–C) groups is 1. The Morgan fingerprint density at radius 1 is 1.13 bits per heavy atom. The smallest absolute Gasteiger partial charge is 0.191 e. The summed E-state index contributed by atoms with van der Waals surface area (Å²) in [6.45, 7) is 3.76. The first-order valence-electron chi connectivity index (χ1n) is 10.8. The summed E-state index contributed by atoms with van der Waals surface area (Å²) in [6, 6.07) is 6.09. The van der Waals surface area contributed by atoms with Crippen LogP contribution >= 0.6 is 24.0 Å². The molecule has 0 aromatic heterocycles. The lowest BCUT2D eigenvalue weighted by atomic mass is 10.2. The van der Waals surface area contributed by atoms with E-state index in [0.717, 1.165) is 75.1 Å². The molecule has 2 fully saturated rings. The van der Waals surface area contributed by atoms with Crippen molar-refractivity contribution in [2.45, 2.75) is 57.3 Å². The Bertz CT molecular complexity index is 647. The molecular formula is C22H36IN3O4. The molecule has 3 rings (SSSR count). The summed E-state index contributed by atoms with van der Waals surface area (Å²) in [5, 5.41) is 6.69. The van der Waals surface area contributed by atoms with E-state index in [9.17, 15) is 0 Å². The van der Waals surface area contributed by atoms with Gasteiger partial charge in [-0.15, -0.1) is 24.0 Å². The van der Waals surface area contributed by atoms with Gasteiger partial charge in [0.15, 0.2) is 17.5 Å². The molecule has 8 heteroatoms. The van der Waals surface area contributed by atoms with Crippen molar-refractivity contribution in [3.05, 3.63) is 23.8 Å². The average molecular weight is 533 g/mol. The number of benzene rings is 1. The van der Waals surface area contributed by atoms with Crippen LogP contribution in [0.5, 0.6) is 11.5 Å². The van der Waals surface area contributed by atoms with Crippen LogP contribution in [-0.4, -0.2) is 58.7 Å². The predicted octanol–water partition coefficient (Wildman–Crippen LogP) is 3.50. The molecule has 1 aliphatic heterocycles. The Morgan fingerprint density at radius 3 is 2.67 bits per heavy atom. The summed E-state index contributed by atoms with van der Waals surface area (Å²) in [5.74, 6) is 2.40. The summed E-state index contributed by atoms with van der Waals surface area (Å²) in [5.41, 5.74) is 1.13. The van der Waals surface area contributed by atoms with Gasteiger partial charge in [-0.3, -0.25) is 4.99 Å². The van der Waals surface area contributed by atoms with Crippen LogP contribution in [0.1, 0.15) is 44.1 Å². The van der Waals surface area contributed by atoms with Crippen molar-refractivity contribution in [3.63, 3.8) is 0 Å². The van der Waals surface area contributed by atoms with Crippen molar-refractivity contribution in [1.29, 1.82) is 0 Å². The van der Waals surface area contributed by atoms with E-state index in [1.165, 1.54) is 12.8 Å². The molecule has 1 aromatic carbocycles. The zero-order valence-electron chi connectivity index (χ0n) is 18.2. The van der Waals surface area contributed by atoms with Gasteiger partial charge in [-0.2, -0.15) is 0 Å². The first-order chi connectivity index (χ1) is 14.3. The minimum Gasteiger partial charge on any atom is -0.493 e. The van der Waals surface area contributed by atoms with Crippen molar-refractivity contribution in [2.75, 3.05) is 40.5 Å². The monoisotopic (exact) mass is 533 g/mol. The lowest BCUT2D eigenvalue weighted by molar-refractivity contribution is 0.0420. The van der Waals surface area contributed by atoms with Gasteiger partial charge >= 0.3 is 0 Å². The van der Waals surface area contributed by atoms with E-state index in [1.807, 2.05) is 6.07 Å². The number of halogens is 1. The number of guanidine groups is 1. The Morgan fingerprint density at radius 2 is 1.97 bits per heavy atom. The van der Waals surface area contributed by atoms with Gasteiger partial charge in [0.1, 0.15) is 0 Å². The number of rotatable bonds is 10. The first-order valence-corrected chi connectivity index (χ1v) is 10.8. The highest BCUT2D eigenvalue weighted by molar-refractivity contribution is 14.0. The van der Waals surface area contributed by atoms with E-state index < -0.39 is 0 Å². The second kappa shape index (κ2) is 13.9. The fraction of sp³-hybridized carbons (Fsp3) is 0.682. The van der Waals surface area contributed by atoms with Crippen molar-refractivity contribution in [2.24, 2.45) is 4.99 Å². The SMILES string of the molecule is CN=C(NCCCOC1CCOC1)NCc1ccc(OC)c(OC2CCCC2)c1.I. The maximum Gasteiger partial charge on any atom is 0.191 e. The molecule has 2 aliphatic rings. The minimum absolute atomic E-state index is 0. The van der Waals surface area contributed by atoms with E-state index in [1.54, 1.807) is 14.2 Å². The lowest BCUT2D eigenvalue weighted by Gasteiger charge is -2.17. The van der Waals surface area contributed by atoms with Crippen LogP contribution in [0, 0.1) is 0 Å². The van der Waals surface area contributed by atoms with Gasteiger partial charge < -0.3 is 29.6 Å². The third-order valence-electron chi connectivity index (χ3n) is 5.36. The second-order valence-corrected chi connectivity index (χ2v) is 7.57. The number of hydrogen-bond acceptors (Lipinski definition) is 5. The van der Waals surface area contributed by atoms with Gasteiger partial charge in [0, 0.05) is 33.4 Å². The molecule has 1 atom stereocenters. The van der Waals surface area contributed by atoms with Gasteiger partial charge in [0.2, 0.25) is 0 Å². The Kier molecular flexibility index (Phi) is 11.6. The van der Waals surface area contributed by atoms with Crippen LogP contribution in [0.25, 0.3) is 0 Å². The molecule has 170 valence electrons. The Hall–Kier alpha value is -1.26. The Balaban J connectivity index is 0.00000320. The van der Waals surface area contributed by atoms with Crippen LogP contribution < -0.4 is 20.1 Å².